The van der Waals surface area contributed by atoms with Crippen LogP contribution in [0.5, 0.6) is 0 Å². The molecule has 0 aliphatic carbocycles. The van der Waals surface area contributed by atoms with Crippen LogP contribution in [0.25, 0.3) is 0 Å². The minimum absolute atomic E-state index is 0.0582. The number of nitrogens with zero attached hydrogens (tertiary/aromatic N) is 1. The third-order valence-corrected chi connectivity index (χ3v) is 4.32. The Balaban J connectivity index is 2.56. The summed E-state index contributed by atoms with van der Waals surface area (Å²) in [6.45, 7) is -0.753. The van der Waals surface area contributed by atoms with Crippen molar-refractivity contribution >= 4 is 21.7 Å². The molecule has 9 heteroatoms. The largest absolute Gasteiger partial charge is 0.516 e. The summed E-state index contributed by atoms with van der Waals surface area (Å²) in [5.41, 5.74) is -5.65. The summed E-state index contributed by atoms with van der Waals surface area (Å²) in [5, 5.41) is 8.94. The van der Waals surface area contributed by atoms with Gasteiger partial charge in [0.05, 0.1) is 12.2 Å². The number of hydrogen-bond acceptors (Lipinski definition) is 3. The fraction of sp³-hybridized carbons (Fsp3) is 0.300. The number of hydrogen-bond donors (Lipinski definition) is 1. The van der Waals surface area contributed by atoms with Crippen LogP contribution in [0.2, 0.25) is 0 Å². The van der Waals surface area contributed by atoms with Crippen LogP contribution in [0.15, 0.2) is 24.3 Å². The highest BCUT2D eigenvalue weighted by Crippen LogP contribution is 2.41. The van der Waals surface area contributed by atoms with Crippen LogP contribution < -0.4 is 4.31 Å². The molecule has 0 saturated heterocycles. The predicted molar refractivity (Wildman–Crippen MR) is 59.1 cm³/mol. The van der Waals surface area contributed by atoms with Crippen molar-refractivity contribution in [3.8, 4) is 0 Å². The molecule has 0 aromatic heterocycles. The van der Waals surface area contributed by atoms with Gasteiger partial charge in [-0.3, -0.25) is 9.10 Å². The van der Waals surface area contributed by atoms with Crippen molar-refractivity contribution < 1.29 is 31.5 Å². The molecule has 0 saturated carbocycles. The smallest absolute Gasteiger partial charge is 0.481 e. The topological polar surface area (TPSA) is 74.7 Å². The molecule has 1 heterocycles. The highest BCUT2D eigenvalue weighted by Gasteiger charge is 2.53. The number of carboxylic acid groups (broad SMARTS) is 1. The molecule has 1 aliphatic rings. The highest BCUT2D eigenvalue weighted by atomic mass is 32.2. The quantitative estimate of drug-likeness (QED) is 0.897. The second-order valence-corrected chi connectivity index (χ2v) is 5.79. The fourth-order valence-electron chi connectivity index (χ4n) is 1.94. The Morgan fingerprint density at radius 1 is 1.32 bits per heavy atom. The number of halogens is 3. The predicted octanol–water partition coefficient (Wildman–Crippen LogP) is 1.52. The zero-order valence-electron chi connectivity index (χ0n) is 9.26. The molecule has 0 spiro atoms. The number of carbonyl (C=O) groups is 1. The van der Waals surface area contributed by atoms with Gasteiger partial charge < -0.3 is 5.11 Å². The summed E-state index contributed by atoms with van der Waals surface area (Å²) in [5.74, 6) is -2.67. The average Bonchev–Trinajstić information content (AvgIpc) is 2.67. The number of carboxylic acids is 1. The van der Waals surface area contributed by atoms with Gasteiger partial charge in [0.2, 0.25) is 0 Å². The highest BCUT2D eigenvalue weighted by molar-refractivity contribution is 7.93. The van der Waals surface area contributed by atoms with Crippen molar-refractivity contribution in [1.82, 2.24) is 0 Å². The van der Waals surface area contributed by atoms with E-state index < -0.39 is 34.0 Å². The zero-order valence-corrected chi connectivity index (χ0v) is 10.1. The van der Waals surface area contributed by atoms with Gasteiger partial charge >= 0.3 is 21.5 Å². The Kier molecular flexibility index (Phi) is 2.96. The van der Waals surface area contributed by atoms with E-state index in [1.807, 2.05) is 0 Å². The summed E-state index contributed by atoms with van der Waals surface area (Å²) < 4.78 is 60.5. The third-order valence-electron chi connectivity index (χ3n) is 2.81. The first-order chi connectivity index (χ1) is 8.66. The summed E-state index contributed by atoms with van der Waals surface area (Å²) in [6, 6.07) is 5.25. The van der Waals surface area contributed by atoms with Crippen LogP contribution in [-0.2, 0) is 14.8 Å². The molecule has 2 rings (SSSR count). The van der Waals surface area contributed by atoms with Gasteiger partial charge in [-0.05, 0) is 11.6 Å². The second kappa shape index (κ2) is 4.12. The van der Waals surface area contributed by atoms with Crippen molar-refractivity contribution in [2.24, 2.45) is 0 Å². The summed E-state index contributed by atoms with van der Waals surface area (Å²) in [7, 11) is -5.59. The van der Waals surface area contributed by atoms with Gasteiger partial charge in [-0.15, -0.1) is 0 Å². The van der Waals surface area contributed by atoms with Crippen LogP contribution in [0, 0.1) is 0 Å². The van der Waals surface area contributed by atoms with E-state index in [0.29, 0.717) is 0 Å². The van der Waals surface area contributed by atoms with Crippen LogP contribution in [0.3, 0.4) is 0 Å². The minimum atomic E-state index is -5.59. The Bertz CT molecular complexity index is 626. The van der Waals surface area contributed by atoms with E-state index in [-0.39, 0.29) is 15.6 Å². The number of rotatable bonds is 2. The lowest BCUT2D eigenvalue weighted by Crippen LogP contribution is -2.40. The Hall–Kier alpha value is -1.77. The number of fused-ring (bicyclic) bond motifs is 1. The molecule has 1 atom stereocenters. The van der Waals surface area contributed by atoms with E-state index in [1.54, 1.807) is 0 Å². The molecule has 19 heavy (non-hydrogen) atoms. The molecule has 5 nitrogen and oxygen atoms in total. The number of sulfonamides is 1. The van der Waals surface area contributed by atoms with E-state index in [1.165, 1.54) is 18.2 Å². The van der Waals surface area contributed by atoms with Crippen LogP contribution in [-0.4, -0.2) is 31.5 Å². The van der Waals surface area contributed by atoms with Gasteiger partial charge in [0.1, 0.15) is 5.92 Å². The van der Waals surface area contributed by atoms with Crippen LogP contribution >= 0.6 is 0 Å². The van der Waals surface area contributed by atoms with E-state index in [2.05, 4.69) is 0 Å². The van der Waals surface area contributed by atoms with Gasteiger partial charge in [-0.25, -0.2) is 0 Å². The standard InChI is InChI=1S/C10H8F3NO4S/c11-10(12,13)19(17,18)14-5-7(9(15)16)6-3-1-2-4-8(6)14/h1-4,7H,5H2,(H,15,16). The first kappa shape index (κ1) is 13.7. The number of anilines is 1. The van der Waals surface area contributed by atoms with Crippen LogP contribution in [0.1, 0.15) is 11.5 Å². The number of para-hydroxylation sites is 1. The molecule has 1 aromatic rings. The van der Waals surface area contributed by atoms with Crippen molar-refractivity contribution in [3.05, 3.63) is 29.8 Å². The van der Waals surface area contributed by atoms with Crippen molar-refractivity contribution in [2.75, 3.05) is 10.8 Å². The van der Waals surface area contributed by atoms with Crippen LogP contribution in [0.4, 0.5) is 18.9 Å². The van der Waals surface area contributed by atoms with E-state index >= 15 is 0 Å². The summed E-state index contributed by atoms with van der Waals surface area (Å²) in [6.07, 6.45) is 0. The molecule has 0 fully saturated rings. The maximum Gasteiger partial charge on any atom is 0.516 e. The second-order valence-electron chi connectivity index (χ2n) is 3.93. The lowest BCUT2D eigenvalue weighted by Gasteiger charge is -2.20. The zero-order chi connectivity index (χ0) is 14.4. The van der Waals surface area contributed by atoms with Gasteiger partial charge in [0, 0.05) is 0 Å². The molecule has 104 valence electrons. The van der Waals surface area contributed by atoms with Crippen molar-refractivity contribution in [2.45, 2.75) is 11.4 Å². The number of aliphatic carboxylic acids is 1. The Labute approximate surface area is 106 Å². The number of benzene rings is 1. The van der Waals surface area contributed by atoms with Gasteiger partial charge in [-0.2, -0.15) is 21.6 Å². The van der Waals surface area contributed by atoms with E-state index in [0.717, 1.165) is 6.07 Å². The van der Waals surface area contributed by atoms with E-state index in [9.17, 15) is 26.4 Å². The lowest BCUT2D eigenvalue weighted by molar-refractivity contribution is -0.138. The van der Waals surface area contributed by atoms with Gasteiger partial charge in [0.25, 0.3) is 0 Å². The molecule has 0 amide bonds. The van der Waals surface area contributed by atoms with Crippen molar-refractivity contribution in [1.29, 1.82) is 0 Å². The molecule has 0 radical (unpaired) electrons. The molecular formula is C10H8F3NO4S. The van der Waals surface area contributed by atoms with E-state index in [4.69, 9.17) is 5.11 Å². The first-order valence-corrected chi connectivity index (χ1v) is 6.51. The summed E-state index contributed by atoms with van der Waals surface area (Å²) >= 11 is 0. The van der Waals surface area contributed by atoms with Crippen molar-refractivity contribution in [3.63, 3.8) is 0 Å². The molecule has 1 aliphatic heterocycles. The molecule has 1 unspecified atom stereocenters. The molecule has 1 N–H and O–H groups in total. The molecule has 1 aromatic carbocycles. The maximum atomic E-state index is 12.5. The normalized spacial score (nSPS) is 19.3. The Morgan fingerprint density at radius 3 is 2.42 bits per heavy atom. The monoisotopic (exact) mass is 295 g/mol. The van der Waals surface area contributed by atoms with Gasteiger partial charge in [0.15, 0.2) is 0 Å². The molecular weight excluding hydrogens is 287 g/mol. The first-order valence-electron chi connectivity index (χ1n) is 5.07. The van der Waals surface area contributed by atoms with Gasteiger partial charge in [-0.1, -0.05) is 18.2 Å². The SMILES string of the molecule is O=C(O)C1CN(S(=O)(=O)C(F)(F)F)c2ccccc21. The maximum absolute atomic E-state index is 12.5. The molecule has 0 bridgehead atoms. The number of alkyl halides is 3. The summed E-state index contributed by atoms with van der Waals surface area (Å²) in [4.78, 5) is 11.0. The average molecular weight is 295 g/mol. The minimum Gasteiger partial charge on any atom is -0.481 e. The lowest BCUT2D eigenvalue weighted by atomic mass is 10.0. The fourth-order valence-corrected chi connectivity index (χ4v) is 2.96. The Morgan fingerprint density at radius 2 is 1.89 bits per heavy atom. The third kappa shape index (κ3) is 2.03.